The number of nitrogens with zero attached hydrogens (tertiary/aromatic N) is 6. The molecule has 3 heterocycles. The molecule has 6 nitrogen and oxygen atoms in total. The third-order valence-electron chi connectivity index (χ3n) is 3.97. The van der Waals surface area contributed by atoms with Gasteiger partial charge in [0.15, 0.2) is 5.65 Å². The number of aryl methyl sites for hydroxylation is 1. The summed E-state index contributed by atoms with van der Waals surface area (Å²) in [4.78, 5) is 3.61. The van der Waals surface area contributed by atoms with Crippen LogP contribution in [-0.2, 0) is 0 Å². The maximum atomic E-state index is 4.57. The number of benzene rings is 1. The Morgan fingerprint density at radius 1 is 0.957 bits per heavy atom. The van der Waals surface area contributed by atoms with Gasteiger partial charge in [0.25, 0.3) is 0 Å². The Hall–Kier alpha value is -2.12. The van der Waals surface area contributed by atoms with E-state index in [0.29, 0.717) is 0 Å². The summed E-state index contributed by atoms with van der Waals surface area (Å²) in [6, 6.07) is 12.7. The minimum Gasteiger partial charge on any atom is -0.353 e. The second-order valence-corrected chi connectivity index (χ2v) is 6.82. The maximum absolute atomic E-state index is 4.57. The van der Waals surface area contributed by atoms with E-state index in [2.05, 4.69) is 55.7 Å². The normalized spacial score (nSPS) is 16.1. The maximum Gasteiger partial charge on any atom is 0.177 e. The van der Waals surface area contributed by atoms with Crippen LogP contribution in [0, 0.1) is 6.92 Å². The molecular weight excluding hydrogens is 308 g/mol. The molecule has 0 amide bonds. The topological polar surface area (TPSA) is 49.6 Å². The van der Waals surface area contributed by atoms with Gasteiger partial charge in [-0.1, -0.05) is 17.7 Å². The van der Waals surface area contributed by atoms with E-state index in [1.165, 1.54) is 10.5 Å². The van der Waals surface area contributed by atoms with Gasteiger partial charge in [-0.05, 0) is 43.1 Å². The van der Waals surface area contributed by atoms with Crippen molar-refractivity contribution in [1.29, 1.82) is 0 Å². The van der Waals surface area contributed by atoms with Gasteiger partial charge in [0.05, 0.1) is 0 Å². The van der Waals surface area contributed by atoms with Crippen LogP contribution >= 0.6 is 11.9 Å². The van der Waals surface area contributed by atoms with Crippen LogP contribution in [-0.4, -0.2) is 50.3 Å². The Kier molecular flexibility index (Phi) is 3.88. The third kappa shape index (κ3) is 3.16. The molecular formula is C16H18N6S. The molecule has 0 saturated carbocycles. The van der Waals surface area contributed by atoms with Gasteiger partial charge in [0.2, 0.25) is 0 Å². The molecule has 4 rings (SSSR count). The van der Waals surface area contributed by atoms with Crippen LogP contribution in [0.4, 0.5) is 5.82 Å². The molecule has 7 heteroatoms. The molecule has 23 heavy (non-hydrogen) atoms. The van der Waals surface area contributed by atoms with Crippen molar-refractivity contribution in [1.82, 2.24) is 24.1 Å². The van der Waals surface area contributed by atoms with E-state index in [4.69, 9.17) is 0 Å². The van der Waals surface area contributed by atoms with Crippen LogP contribution < -0.4 is 4.90 Å². The van der Waals surface area contributed by atoms with Gasteiger partial charge in [0.1, 0.15) is 12.1 Å². The summed E-state index contributed by atoms with van der Waals surface area (Å²) in [6.07, 6.45) is 1.64. The average Bonchev–Trinajstić information content (AvgIpc) is 3.05. The van der Waals surface area contributed by atoms with Gasteiger partial charge >= 0.3 is 0 Å². The highest BCUT2D eigenvalue weighted by Gasteiger charge is 2.19. The van der Waals surface area contributed by atoms with Crippen molar-refractivity contribution in [2.45, 2.75) is 11.8 Å². The van der Waals surface area contributed by atoms with Gasteiger partial charge in [-0.25, -0.2) is 4.31 Å². The van der Waals surface area contributed by atoms with Crippen molar-refractivity contribution in [3.05, 3.63) is 48.3 Å². The number of hydrogen-bond acceptors (Lipinski definition) is 6. The highest BCUT2D eigenvalue weighted by atomic mass is 32.2. The highest BCUT2D eigenvalue weighted by molar-refractivity contribution is 7.97. The Morgan fingerprint density at radius 3 is 2.52 bits per heavy atom. The number of piperazine rings is 1. The first-order valence-electron chi connectivity index (χ1n) is 7.69. The quantitative estimate of drug-likeness (QED) is 0.688. The highest BCUT2D eigenvalue weighted by Crippen LogP contribution is 2.25. The molecule has 1 aliphatic rings. The summed E-state index contributed by atoms with van der Waals surface area (Å²) >= 11 is 1.84. The molecule has 118 valence electrons. The second kappa shape index (κ2) is 6.17. The minimum atomic E-state index is 0.780. The van der Waals surface area contributed by atoms with E-state index < -0.39 is 0 Å². The van der Waals surface area contributed by atoms with E-state index in [1.54, 1.807) is 10.8 Å². The molecule has 0 radical (unpaired) electrons. The smallest absolute Gasteiger partial charge is 0.177 e. The molecule has 1 fully saturated rings. The van der Waals surface area contributed by atoms with Crippen molar-refractivity contribution in [3.8, 4) is 0 Å². The number of hydrogen-bond donors (Lipinski definition) is 0. The van der Waals surface area contributed by atoms with Crippen LogP contribution in [0.1, 0.15) is 5.56 Å². The predicted octanol–water partition coefficient (Wildman–Crippen LogP) is 2.26. The van der Waals surface area contributed by atoms with Gasteiger partial charge < -0.3 is 4.90 Å². The zero-order valence-corrected chi connectivity index (χ0v) is 13.8. The van der Waals surface area contributed by atoms with Gasteiger partial charge in [0, 0.05) is 31.1 Å². The summed E-state index contributed by atoms with van der Waals surface area (Å²) in [5, 5.41) is 12.4. The third-order valence-corrected chi connectivity index (χ3v) is 5.07. The molecule has 1 aromatic carbocycles. The first-order valence-corrected chi connectivity index (χ1v) is 8.47. The lowest BCUT2D eigenvalue weighted by Crippen LogP contribution is -2.43. The van der Waals surface area contributed by atoms with Crippen LogP contribution in [0.15, 0.2) is 47.6 Å². The Bertz CT molecular complexity index is 792. The Morgan fingerprint density at radius 2 is 1.74 bits per heavy atom. The first-order chi connectivity index (χ1) is 11.3. The lowest BCUT2D eigenvalue weighted by atomic mass is 10.2. The van der Waals surface area contributed by atoms with E-state index in [9.17, 15) is 0 Å². The van der Waals surface area contributed by atoms with Crippen molar-refractivity contribution in [2.24, 2.45) is 0 Å². The molecule has 2 aromatic heterocycles. The first kappa shape index (κ1) is 14.5. The van der Waals surface area contributed by atoms with Gasteiger partial charge in [-0.2, -0.15) is 4.52 Å². The Labute approximate surface area is 139 Å². The van der Waals surface area contributed by atoms with Crippen LogP contribution in [0.5, 0.6) is 0 Å². The fourth-order valence-corrected chi connectivity index (χ4v) is 3.55. The lowest BCUT2D eigenvalue weighted by molar-refractivity contribution is 0.427. The van der Waals surface area contributed by atoms with E-state index in [1.807, 2.05) is 24.1 Å². The van der Waals surface area contributed by atoms with Crippen molar-refractivity contribution in [2.75, 3.05) is 31.1 Å². The minimum absolute atomic E-state index is 0.780. The second-order valence-electron chi connectivity index (χ2n) is 5.65. The zero-order valence-electron chi connectivity index (χ0n) is 13.0. The van der Waals surface area contributed by atoms with Gasteiger partial charge in [-0.15, -0.1) is 15.3 Å². The largest absolute Gasteiger partial charge is 0.353 e. The summed E-state index contributed by atoms with van der Waals surface area (Å²) in [5.74, 6) is 0.984. The molecule has 0 N–H and O–H groups in total. The molecule has 0 spiro atoms. The monoisotopic (exact) mass is 326 g/mol. The molecule has 1 saturated heterocycles. The lowest BCUT2D eigenvalue weighted by Gasteiger charge is -2.34. The summed E-state index contributed by atoms with van der Waals surface area (Å²) in [5.41, 5.74) is 2.08. The molecule has 3 aromatic rings. The van der Waals surface area contributed by atoms with Crippen LogP contribution in [0.2, 0.25) is 0 Å². The summed E-state index contributed by atoms with van der Waals surface area (Å²) in [6.45, 7) is 6.09. The molecule has 0 atom stereocenters. The fourth-order valence-electron chi connectivity index (χ4n) is 2.64. The Balaban J connectivity index is 1.39. The van der Waals surface area contributed by atoms with E-state index >= 15 is 0 Å². The number of anilines is 1. The SMILES string of the molecule is Cc1ccc(SN2CCN(c3ccc4nncn4n3)CC2)cc1. The predicted molar refractivity (Wildman–Crippen MR) is 91.6 cm³/mol. The van der Waals surface area contributed by atoms with Crippen LogP contribution in [0.25, 0.3) is 5.65 Å². The summed E-state index contributed by atoms with van der Waals surface area (Å²) < 4.78 is 4.14. The average molecular weight is 326 g/mol. The number of aromatic nitrogens is 4. The molecule has 1 aliphatic heterocycles. The number of rotatable bonds is 3. The van der Waals surface area contributed by atoms with Crippen molar-refractivity contribution >= 4 is 23.4 Å². The van der Waals surface area contributed by atoms with Crippen molar-refractivity contribution < 1.29 is 0 Å². The number of fused-ring (bicyclic) bond motifs is 1. The van der Waals surface area contributed by atoms with Gasteiger partial charge in [-0.3, -0.25) is 0 Å². The van der Waals surface area contributed by atoms with Crippen LogP contribution in [0.3, 0.4) is 0 Å². The zero-order chi connectivity index (χ0) is 15.6. The van der Waals surface area contributed by atoms with Crippen molar-refractivity contribution in [3.63, 3.8) is 0 Å². The van der Waals surface area contributed by atoms with E-state index in [0.717, 1.165) is 37.6 Å². The summed E-state index contributed by atoms with van der Waals surface area (Å²) in [7, 11) is 0. The van der Waals surface area contributed by atoms with E-state index in [-0.39, 0.29) is 0 Å². The fraction of sp³-hybridized carbons (Fsp3) is 0.312. The molecule has 0 unspecified atom stereocenters. The molecule has 0 bridgehead atoms. The standard InChI is InChI=1S/C16H18N6S/c1-13-2-4-14(5-3-13)23-21-10-8-20(9-11-21)16-7-6-15-18-17-12-22(15)19-16/h2-7,12H,8-11H2,1H3. The molecule has 0 aliphatic carbocycles.